The molecule has 0 amide bonds. The lowest BCUT2D eigenvalue weighted by Gasteiger charge is -2.30. The molecule has 1 heterocycles. The second-order valence-corrected chi connectivity index (χ2v) is 4.62. The third-order valence-electron chi connectivity index (χ3n) is 3.09. The molecule has 20 heavy (non-hydrogen) atoms. The highest BCUT2D eigenvalue weighted by Gasteiger charge is 2.27. The van der Waals surface area contributed by atoms with Gasteiger partial charge in [-0.3, -0.25) is 0 Å². The van der Waals surface area contributed by atoms with Crippen LogP contribution in [-0.4, -0.2) is 28.7 Å². The van der Waals surface area contributed by atoms with E-state index >= 15 is 0 Å². The molecule has 3 N–H and O–H groups in total. The van der Waals surface area contributed by atoms with E-state index in [4.69, 9.17) is 0 Å². The van der Waals surface area contributed by atoms with Gasteiger partial charge in [0.1, 0.15) is 0 Å². The predicted molar refractivity (Wildman–Crippen MR) is 76.0 cm³/mol. The molecule has 5 nitrogen and oxygen atoms in total. The van der Waals surface area contributed by atoms with Crippen LogP contribution < -0.4 is 10.6 Å². The summed E-state index contributed by atoms with van der Waals surface area (Å²) in [5, 5.41) is 15.4. The summed E-state index contributed by atoms with van der Waals surface area (Å²) in [6.45, 7) is 1.58. The molecule has 0 aliphatic heterocycles. The lowest BCUT2D eigenvalue weighted by Crippen LogP contribution is -2.36. The van der Waals surface area contributed by atoms with Gasteiger partial charge in [-0.1, -0.05) is 30.3 Å². The van der Waals surface area contributed by atoms with Gasteiger partial charge >= 0.3 is 0 Å². The molecule has 1 atom stereocenters. The Hall–Kier alpha value is -2.21. The summed E-state index contributed by atoms with van der Waals surface area (Å²) in [5.41, 5.74) is 0.00749. The molecule has 1 aromatic carbocycles. The van der Waals surface area contributed by atoms with Gasteiger partial charge in [0, 0.05) is 7.05 Å². The number of nitrogens with zero attached hydrogens (tertiary/aromatic N) is 2. The molecule has 1 aromatic heterocycles. The molecular weight excluding hydrogens is 259 g/mol. The first-order chi connectivity index (χ1) is 9.59. The minimum Gasteiger partial charge on any atom is -0.394 e. The fraction of sp³-hybridized carbons (Fsp3) is 0.286. The van der Waals surface area contributed by atoms with Crippen LogP contribution >= 0.6 is 0 Å². The van der Waals surface area contributed by atoms with Crippen molar-refractivity contribution in [3.63, 3.8) is 0 Å². The van der Waals surface area contributed by atoms with Gasteiger partial charge in [-0.15, -0.1) is 0 Å². The number of aliphatic hydroxyl groups excluding tert-OH is 1. The van der Waals surface area contributed by atoms with Gasteiger partial charge in [0.15, 0.2) is 11.6 Å². The Labute approximate surface area is 116 Å². The molecule has 0 saturated carbocycles. The van der Waals surface area contributed by atoms with Crippen LogP contribution in [0.3, 0.4) is 0 Å². The minimum absolute atomic E-state index is 0.0461. The first-order valence-corrected chi connectivity index (χ1v) is 6.24. The van der Waals surface area contributed by atoms with E-state index in [2.05, 4.69) is 20.6 Å². The van der Waals surface area contributed by atoms with Gasteiger partial charge < -0.3 is 15.7 Å². The van der Waals surface area contributed by atoms with E-state index in [0.717, 1.165) is 11.8 Å². The Kier molecular flexibility index (Phi) is 4.14. The number of nitrogens with one attached hydrogen (secondary N) is 2. The summed E-state index contributed by atoms with van der Waals surface area (Å²) in [5.74, 6) is -0.216. The Bertz CT molecular complexity index is 579. The molecule has 6 heteroatoms. The summed E-state index contributed by atoms with van der Waals surface area (Å²) in [7, 11) is 1.65. The van der Waals surface area contributed by atoms with Crippen LogP contribution in [0.25, 0.3) is 0 Å². The van der Waals surface area contributed by atoms with E-state index in [1.165, 1.54) is 0 Å². The van der Waals surface area contributed by atoms with E-state index in [1.807, 2.05) is 30.3 Å². The maximum atomic E-state index is 13.8. The zero-order valence-corrected chi connectivity index (χ0v) is 11.4. The third-order valence-corrected chi connectivity index (χ3v) is 3.09. The number of rotatable bonds is 5. The zero-order chi connectivity index (χ0) is 14.6. The number of hydrogen-bond acceptors (Lipinski definition) is 5. The summed E-state index contributed by atoms with van der Waals surface area (Å²) < 4.78 is 13.8. The summed E-state index contributed by atoms with van der Waals surface area (Å²) >= 11 is 0. The normalized spacial score (nSPS) is 13.6. The fourth-order valence-corrected chi connectivity index (χ4v) is 1.85. The number of hydrogen-bond donors (Lipinski definition) is 3. The quantitative estimate of drug-likeness (QED) is 0.779. The van der Waals surface area contributed by atoms with Gasteiger partial charge in [-0.2, -0.15) is 4.98 Å². The molecule has 0 aliphatic carbocycles. The van der Waals surface area contributed by atoms with Crippen molar-refractivity contribution in [2.24, 2.45) is 0 Å². The molecule has 106 valence electrons. The van der Waals surface area contributed by atoms with Crippen LogP contribution in [0.15, 0.2) is 36.5 Å². The highest BCUT2D eigenvalue weighted by atomic mass is 19.1. The van der Waals surface area contributed by atoms with Crippen LogP contribution in [0.2, 0.25) is 0 Å². The summed E-state index contributed by atoms with van der Waals surface area (Å²) in [4.78, 5) is 7.82. The standard InChI is InChI=1S/C14H17FN4O/c1-14(9-20,10-6-4-3-5-7-10)19-12-11(15)8-17-13(16-2)18-12/h3-8,20H,9H2,1-2H3,(H2,16,17,18,19). The SMILES string of the molecule is CNc1ncc(F)c(NC(C)(CO)c2ccccc2)n1. The Balaban J connectivity index is 2.35. The number of aromatic nitrogens is 2. The molecule has 0 saturated heterocycles. The van der Waals surface area contributed by atoms with Gasteiger partial charge in [0.25, 0.3) is 0 Å². The largest absolute Gasteiger partial charge is 0.394 e. The van der Waals surface area contributed by atoms with Gasteiger partial charge in [-0.05, 0) is 12.5 Å². The van der Waals surface area contributed by atoms with Crippen molar-refractivity contribution in [1.29, 1.82) is 0 Å². The highest BCUT2D eigenvalue weighted by molar-refractivity contribution is 5.45. The number of halogens is 1. The minimum atomic E-state index is -0.832. The maximum Gasteiger partial charge on any atom is 0.224 e. The first-order valence-electron chi connectivity index (χ1n) is 6.24. The molecule has 0 bridgehead atoms. The zero-order valence-electron chi connectivity index (χ0n) is 11.4. The van der Waals surface area contributed by atoms with Crippen LogP contribution in [-0.2, 0) is 5.54 Å². The molecular formula is C14H17FN4O. The molecule has 0 fully saturated rings. The van der Waals surface area contributed by atoms with Crippen LogP contribution in [0, 0.1) is 5.82 Å². The average molecular weight is 276 g/mol. The van der Waals surface area contributed by atoms with Gasteiger partial charge in [-0.25, -0.2) is 9.37 Å². The summed E-state index contributed by atoms with van der Waals surface area (Å²) in [6.07, 6.45) is 1.09. The molecule has 1 unspecified atom stereocenters. The summed E-state index contributed by atoms with van der Waals surface area (Å²) in [6, 6.07) is 9.33. The van der Waals surface area contributed by atoms with Crippen LogP contribution in [0.5, 0.6) is 0 Å². The lowest BCUT2D eigenvalue weighted by atomic mass is 9.93. The van der Waals surface area contributed by atoms with Gasteiger partial charge in [0.2, 0.25) is 5.95 Å². The monoisotopic (exact) mass is 276 g/mol. The molecule has 2 aromatic rings. The van der Waals surface area contributed by atoms with Crippen molar-refractivity contribution in [1.82, 2.24) is 9.97 Å². The Morgan fingerprint density at radius 1 is 1.30 bits per heavy atom. The van der Waals surface area contributed by atoms with Crippen molar-refractivity contribution in [2.75, 3.05) is 24.3 Å². The molecule has 0 spiro atoms. The fourth-order valence-electron chi connectivity index (χ4n) is 1.85. The Morgan fingerprint density at radius 3 is 2.60 bits per heavy atom. The van der Waals surface area contributed by atoms with Crippen LogP contribution in [0.4, 0.5) is 16.2 Å². The van der Waals surface area contributed by atoms with Gasteiger partial charge in [0.05, 0.1) is 18.3 Å². The van der Waals surface area contributed by atoms with Crippen molar-refractivity contribution in [3.05, 3.63) is 47.9 Å². The average Bonchev–Trinajstić information content (AvgIpc) is 2.50. The second kappa shape index (κ2) is 5.83. The van der Waals surface area contributed by atoms with Crippen molar-refractivity contribution >= 4 is 11.8 Å². The topological polar surface area (TPSA) is 70.1 Å². The van der Waals surface area contributed by atoms with E-state index < -0.39 is 11.4 Å². The Morgan fingerprint density at radius 2 is 2.00 bits per heavy atom. The van der Waals surface area contributed by atoms with Crippen molar-refractivity contribution in [2.45, 2.75) is 12.5 Å². The lowest BCUT2D eigenvalue weighted by molar-refractivity contribution is 0.223. The smallest absolute Gasteiger partial charge is 0.224 e. The van der Waals surface area contributed by atoms with E-state index in [-0.39, 0.29) is 12.4 Å². The highest BCUT2D eigenvalue weighted by Crippen LogP contribution is 2.26. The number of benzene rings is 1. The number of aliphatic hydroxyl groups is 1. The van der Waals surface area contributed by atoms with E-state index in [0.29, 0.717) is 5.95 Å². The third kappa shape index (κ3) is 2.85. The second-order valence-electron chi connectivity index (χ2n) is 4.62. The predicted octanol–water partition coefficient (Wildman–Crippen LogP) is 1.98. The van der Waals surface area contributed by atoms with E-state index in [9.17, 15) is 9.50 Å². The molecule has 0 radical (unpaired) electrons. The molecule has 0 aliphatic rings. The number of anilines is 2. The maximum absolute atomic E-state index is 13.8. The van der Waals surface area contributed by atoms with Crippen LogP contribution in [0.1, 0.15) is 12.5 Å². The van der Waals surface area contributed by atoms with Crippen molar-refractivity contribution < 1.29 is 9.50 Å². The van der Waals surface area contributed by atoms with E-state index in [1.54, 1.807) is 14.0 Å². The van der Waals surface area contributed by atoms with Crippen molar-refractivity contribution in [3.8, 4) is 0 Å². The first kappa shape index (κ1) is 14.2. The molecule has 2 rings (SSSR count).